The van der Waals surface area contributed by atoms with Crippen LogP contribution in [0, 0.1) is 5.92 Å². The first-order valence-corrected chi connectivity index (χ1v) is 8.00. The van der Waals surface area contributed by atoms with Gasteiger partial charge in [-0.2, -0.15) is 0 Å². The average Bonchev–Trinajstić information content (AvgIpc) is 2.38. The van der Waals surface area contributed by atoms with Crippen molar-refractivity contribution in [2.45, 2.75) is 70.6 Å². The van der Waals surface area contributed by atoms with Gasteiger partial charge in [0.15, 0.2) is 5.05 Å². The molecular formula is C15H26O5S. The first-order valence-electron chi connectivity index (χ1n) is 7.60. The van der Waals surface area contributed by atoms with Crippen molar-refractivity contribution >= 4 is 29.2 Å². The normalized spacial score (nSPS) is 12.0. The maximum Gasteiger partial charge on any atom is 0.304 e. The zero-order valence-electron chi connectivity index (χ0n) is 12.4. The first-order chi connectivity index (χ1) is 9.93. The molecule has 0 heterocycles. The molecule has 0 radical (unpaired) electrons. The Bertz CT molecular complexity index is 330. The van der Waals surface area contributed by atoms with Crippen LogP contribution in [0.2, 0.25) is 0 Å². The zero-order chi connectivity index (χ0) is 16.1. The van der Waals surface area contributed by atoms with Crippen molar-refractivity contribution in [1.29, 1.82) is 0 Å². The van der Waals surface area contributed by atoms with Crippen molar-refractivity contribution in [2.24, 2.45) is 5.92 Å². The number of unbranched alkanes of at least 4 members (excludes halogenated alkanes) is 7. The summed E-state index contributed by atoms with van der Waals surface area (Å²) < 4.78 is 0. The van der Waals surface area contributed by atoms with Crippen LogP contribution in [0.1, 0.15) is 70.6 Å². The maximum absolute atomic E-state index is 10.6. The second-order valence-corrected chi connectivity index (χ2v) is 5.81. The van der Waals surface area contributed by atoms with Crippen LogP contribution in [0.25, 0.3) is 0 Å². The fraction of sp³-hybridized carbons (Fsp3) is 0.800. The molecule has 0 aliphatic carbocycles. The Morgan fingerprint density at radius 2 is 1.24 bits per heavy atom. The van der Waals surface area contributed by atoms with E-state index in [1.807, 2.05) is 0 Å². The lowest BCUT2D eigenvalue weighted by molar-refractivity contribution is -0.138. The van der Waals surface area contributed by atoms with Crippen molar-refractivity contribution in [2.75, 3.05) is 0 Å². The minimum atomic E-state index is -0.933. The predicted octanol–water partition coefficient (Wildman–Crippen LogP) is 3.95. The minimum absolute atomic E-state index is 0.0983. The van der Waals surface area contributed by atoms with Crippen LogP contribution in [-0.4, -0.2) is 32.3 Å². The van der Waals surface area contributed by atoms with Gasteiger partial charge in [-0.25, -0.2) is 0 Å². The molecule has 3 N–H and O–H groups in total. The number of hydrogen-bond acceptors (Lipinski definition) is 3. The molecule has 0 saturated carbocycles. The van der Waals surface area contributed by atoms with Gasteiger partial charge in [-0.05, 0) is 25.1 Å². The minimum Gasteiger partial charge on any atom is -0.502 e. The van der Waals surface area contributed by atoms with Gasteiger partial charge in [0.25, 0.3) is 0 Å². The van der Waals surface area contributed by atoms with Gasteiger partial charge in [-0.15, -0.1) is 0 Å². The van der Waals surface area contributed by atoms with Gasteiger partial charge < -0.3 is 15.3 Å². The van der Waals surface area contributed by atoms with Gasteiger partial charge >= 0.3 is 11.9 Å². The third-order valence-electron chi connectivity index (χ3n) is 3.46. The summed E-state index contributed by atoms with van der Waals surface area (Å²) in [6.07, 6.45) is 8.74. The molecule has 21 heavy (non-hydrogen) atoms. The van der Waals surface area contributed by atoms with Gasteiger partial charge in [0.05, 0.1) is 6.42 Å². The Hall–Kier alpha value is -1.17. The van der Waals surface area contributed by atoms with E-state index in [4.69, 9.17) is 10.2 Å². The van der Waals surface area contributed by atoms with E-state index in [1.165, 1.54) is 0 Å². The number of carboxylic acid groups (broad SMARTS) is 2. The Labute approximate surface area is 131 Å². The van der Waals surface area contributed by atoms with Gasteiger partial charge in [0.2, 0.25) is 0 Å². The molecule has 5 nitrogen and oxygen atoms in total. The third-order valence-corrected chi connectivity index (χ3v) is 3.80. The summed E-state index contributed by atoms with van der Waals surface area (Å²) in [6, 6.07) is 0. The summed E-state index contributed by atoms with van der Waals surface area (Å²) in [5, 5.41) is 26.2. The molecule has 0 bridgehead atoms. The lowest BCUT2D eigenvalue weighted by Crippen LogP contribution is -2.16. The maximum atomic E-state index is 10.6. The molecule has 6 heteroatoms. The van der Waals surface area contributed by atoms with Crippen molar-refractivity contribution in [3.05, 3.63) is 0 Å². The van der Waals surface area contributed by atoms with E-state index >= 15 is 0 Å². The van der Waals surface area contributed by atoms with Crippen LogP contribution in [0.4, 0.5) is 0 Å². The zero-order valence-corrected chi connectivity index (χ0v) is 13.2. The van der Waals surface area contributed by atoms with E-state index in [2.05, 4.69) is 12.2 Å². The SMILES string of the molecule is O=C(O)CCCCCCCCCCC(CC(=O)O)C(O)=S. The number of thiocarbonyl (C=S) groups is 1. The number of carboxylic acids is 2. The molecule has 0 fully saturated rings. The van der Waals surface area contributed by atoms with Gasteiger partial charge in [-0.3, -0.25) is 9.59 Å². The van der Waals surface area contributed by atoms with Gasteiger partial charge in [-0.1, -0.05) is 44.9 Å². The second-order valence-electron chi connectivity index (χ2n) is 5.39. The Morgan fingerprint density at radius 1 is 0.762 bits per heavy atom. The molecule has 122 valence electrons. The molecular weight excluding hydrogens is 292 g/mol. The van der Waals surface area contributed by atoms with Crippen LogP contribution in [0.5, 0.6) is 0 Å². The molecule has 0 rings (SSSR count). The van der Waals surface area contributed by atoms with E-state index in [-0.39, 0.29) is 17.9 Å². The number of aliphatic hydroxyl groups excluding tert-OH is 1. The topological polar surface area (TPSA) is 94.8 Å². The number of carbonyl (C=O) groups is 2. The smallest absolute Gasteiger partial charge is 0.304 e. The van der Waals surface area contributed by atoms with Crippen molar-refractivity contribution in [3.8, 4) is 0 Å². The third kappa shape index (κ3) is 13.6. The Morgan fingerprint density at radius 3 is 1.67 bits per heavy atom. The highest BCUT2D eigenvalue weighted by molar-refractivity contribution is 7.80. The summed E-state index contributed by atoms with van der Waals surface area (Å²) in [5.41, 5.74) is 0. The highest BCUT2D eigenvalue weighted by atomic mass is 32.1. The van der Waals surface area contributed by atoms with Crippen LogP contribution >= 0.6 is 12.2 Å². The predicted molar refractivity (Wildman–Crippen MR) is 84.8 cm³/mol. The van der Waals surface area contributed by atoms with Crippen LogP contribution in [0.15, 0.2) is 0 Å². The molecule has 0 aliphatic heterocycles. The largest absolute Gasteiger partial charge is 0.502 e. The first kappa shape index (κ1) is 19.8. The van der Waals surface area contributed by atoms with Crippen LogP contribution in [-0.2, 0) is 9.59 Å². The highest BCUT2D eigenvalue weighted by Crippen LogP contribution is 2.17. The van der Waals surface area contributed by atoms with E-state index < -0.39 is 17.9 Å². The quantitative estimate of drug-likeness (QED) is 0.331. The molecule has 0 aromatic carbocycles. The Kier molecular flexibility index (Phi) is 11.9. The molecule has 0 spiro atoms. The molecule has 0 aliphatic rings. The summed E-state index contributed by atoms with van der Waals surface area (Å²) in [4.78, 5) is 20.9. The number of aliphatic hydroxyl groups is 1. The van der Waals surface area contributed by atoms with Crippen molar-refractivity contribution in [1.82, 2.24) is 0 Å². The van der Waals surface area contributed by atoms with E-state index in [1.54, 1.807) is 0 Å². The summed E-state index contributed by atoms with van der Waals surface area (Å²) in [6.45, 7) is 0. The van der Waals surface area contributed by atoms with E-state index in [9.17, 15) is 14.7 Å². The lowest BCUT2D eigenvalue weighted by Gasteiger charge is -2.11. The van der Waals surface area contributed by atoms with Gasteiger partial charge in [0.1, 0.15) is 0 Å². The number of rotatable bonds is 14. The van der Waals surface area contributed by atoms with E-state index in [0.717, 1.165) is 51.4 Å². The molecule has 0 aromatic rings. The van der Waals surface area contributed by atoms with Crippen molar-refractivity contribution < 1.29 is 24.9 Å². The fourth-order valence-electron chi connectivity index (χ4n) is 2.25. The lowest BCUT2D eigenvalue weighted by atomic mass is 9.97. The van der Waals surface area contributed by atoms with Crippen molar-refractivity contribution in [3.63, 3.8) is 0 Å². The summed E-state index contributed by atoms with van der Waals surface area (Å²) in [7, 11) is 0. The molecule has 0 aromatic heterocycles. The summed E-state index contributed by atoms with van der Waals surface area (Å²) >= 11 is 4.66. The summed E-state index contributed by atoms with van der Waals surface area (Å²) in [5.74, 6) is -2.07. The van der Waals surface area contributed by atoms with Crippen LogP contribution < -0.4 is 0 Å². The second kappa shape index (κ2) is 12.6. The average molecular weight is 318 g/mol. The van der Waals surface area contributed by atoms with Crippen LogP contribution in [0.3, 0.4) is 0 Å². The Balaban J connectivity index is 3.43. The molecule has 1 atom stereocenters. The van der Waals surface area contributed by atoms with E-state index in [0.29, 0.717) is 6.42 Å². The molecule has 0 amide bonds. The number of hydrogen-bond donors (Lipinski definition) is 3. The monoisotopic (exact) mass is 318 g/mol. The highest BCUT2D eigenvalue weighted by Gasteiger charge is 2.16. The molecule has 0 saturated heterocycles. The standard InChI is InChI=1S/C15H26O5S/c16-13(17)10-8-6-4-2-1-3-5-7-9-12(15(20)21)11-14(18)19/h12H,1-11H2,(H,16,17)(H,18,19)(H,20,21). The van der Waals surface area contributed by atoms with Gasteiger partial charge in [0, 0.05) is 12.3 Å². The fourth-order valence-corrected chi connectivity index (χ4v) is 2.45. The molecule has 1 unspecified atom stereocenters. The number of aliphatic carboxylic acids is 2.